The number of halogens is 2. The van der Waals surface area contributed by atoms with E-state index in [4.69, 9.17) is 16.7 Å². The Morgan fingerprint density at radius 1 is 1.05 bits per heavy atom. The normalized spacial score (nSPS) is 10.0. The minimum absolute atomic E-state index is 0.0645. The Morgan fingerprint density at radius 2 is 1.71 bits per heavy atom. The van der Waals surface area contributed by atoms with E-state index in [-0.39, 0.29) is 16.3 Å². The number of carboxylic acids is 1. The van der Waals surface area contributed by atoms with Gasteiger partial charge in [-0.25, -0.2) is 14.0 Å². The van der Waals surface area contributed by atoms with E-state index < -0.39 is 17.8 Å². The van der Waals surface area contributed by atoms with Crippen LogP contribution in [0, 0.1) is 5.82 Å². The van der Waals surface area contributed by atoms with Gasteiger partial charge in [0.1, 0.15) is 5.82 Å². The molecule has 3 N–H and O–H groups in total. The molecule has 108 valence electrons. The minimum atomic E-state index is -1.19. The highest BCUT2D eigenvalue weighted by atomic mass is 35.5. The number of carbonyl (C=O) groups excluding carboxylic acids is 1. The number of urea groups is 1. The second-order valence-electron chi connectivity index (χ2n) is 4.08. The second-order valence-corrected chi connectivity index (χ2v) is 4.52. The predicted octanol–water partition coefficient (Wildman–Crippen LogP) is 3.82. The number of benzene rings is 2. The fraction of sp³-hybridized carbons (Fsp3) is 0. The summed E-state index contributed by atoms with van der Waals surface area (Å²) in [4.78, 5) is 22.9. The first kappa shape index (κ1) is 14.8. The van der Waals surface area contributed by atoms with Gasteiger partial charge in [-0.1, -0.05) is 11.6 Å². The van der Waals surface area contributed by atoms with Crippen LogP contribution in [-0.2, 0) is 0 Å². The van der Waals surface area contributed by atoms with Gasteiger partial charge < -0.3 is 15.7 Å². The van der Waals surface area contributed by atoms with Gasteiger partial charge in [-0.05, 0) is 42.5 Å². The highest BCUT2D eigenvalue weighted by Crippen LogP contribution is 2.21. The number of aromatic carboxylic acids is 1. The Morgan fingerprint density at radius 3 is 2.33 bits per heavy atom. The Hall–Kier alpha value is -2.60. The molecular weight excluding hydrogens is 299 g/mol. The van der Waals surface area contributed by atoms with Crippen LogP contribution in [0.2, 0.25) is 5.02 Å². The van der Waals surface area contributed by atoms with E-state index in [0.717, 1.165) is 0 Å². The molecule has 0 heterocycles. The van der Waals surface area contributed by atoms with E-state index in [1.54, 1.807) is 0 Å². The molecule has 0 fully saturated rings. The molecule has 7 heteroatoms. The Labute approximate surface area is 124 Å². The maximum Gasteiger partial charge on any atom is 0.337 e. The summed E-state index contributed by atoms with van der Waals surface area (Å²) >= 11 is 5.78. The highest BCUT2D eigenvalue weighted by molar-refractivity contribution is 6.31. The second kappa shape index (κ2) is 6.23. The predicted molar refractivity (Wildman–Crippen MR) is 77.5 cm³/mol. The monoisotopic (exact) mass is 308 g/mol. The van der Waals surface area contributed by atoms with Gasteiger partial charge in [0, 0.05) is 10.7 Å². The van der Waals surface area contributed by atoms with Gasteiger partial charge in [0.15, 0.2) is 0 Å². The molecule has 0 unspecified atom stereocenters. The average Bonchev–Trinajstić information content (AvgIpc) is 2.41. The van der Waals surface area contributed by atoms with Crippen molar-refractivity contribution in [3.63, 3.8) is 0 Å². The standard InChI is InChI=1S/C14H10ClFN2O3/c15-8-1-6-11(13(19)20)12(7-8)18-14(21)17-10-4-2-9(16)3-5-10/h1-7H,(H,19,20)(H2,17,18,21). The zero-order chi connectivity index (χ0) is 15.4. The Kier molecular flexibility index (Phi) is 4.39. The summed E-state index contributed by atoms with van der Waals surface area (Å²) in [5.41, 5.74) is 0.344. The van der Waals surface area contributed by atoms with E-state index in [2.05, 4.69) is 10.6 Å². The zero-order valence-electron chi connectivity index (χ0n) is 10.6. The Bertz CT molecular complexity index is 689. The van der Waals surface area contributed by atoms with Crippen molar-refractivity contribution in [3.05, 3.63) is 58.9 Å². The number of anilines is 2. The van der Waals surface area contributed by atoms with Gasteiger partial charge in [0.25, 0.3) is 0 Å². The van der Waals surface area contributed by atoms with Crippen molar-refractivity contribution in [1.82, 2.24) is 0 Å². The number of rotatable bonds is 3. The van der Waals surface area contributed by atoms with Crippen molar-refractivity contribution in [3.8, 4) is 0 Å². The number of nitrogens with one attached hydrogen (secondary N) is 2. The molecule has 0 radical (unpaired) electrons. The van der Waals surface area contributed by atoms with Crippen molar-refractivity contribution in [1.29, 1.82) is 0 Å². The van der Waals surface area contributed by atoms with Crippen LogP contribution in [0.3, 0.4) is 0 Å². The molecule has 5 nitrogen and oxygen atoms in total. The van der Waals surface area contributed by atoms with E-state index in [9.17, 15) is 14.0 Å². The molecule has 2 aromatic rings. The molecule has 0 aliphatic heterocycles. The first-order chi connectivity index (χ1) is 9.95. The van der Waals surface area contributed by atoms with Gasteiger partial charge in [-0.15, -0.1) is 0 Å². The molecule has 0 spiro atoms. The van der Waals surface area contributed by atoms with Crippen LogP contribution in [0.15, 0.2) is 42.5 Å². The summed E-state index contributed by atoms with van der Waals surface area (Å²) in [7, 11) is 0. The van der Waals surface area contributed by atoms with Crippen molar-refractivity contribution < 1.29 is 19.1 Å². The van der Waals surface area contributed by atoms with E-state index in [1.165, 1.54) is 42.5 Å². The smallest absolute Gasteiger partial charge is 0.337 e. The van der Waals surface area contributed by atoms with Gasteiger partial charge in [0.05, 0.1) is 11.3 Å². The number of hydrogen-bond donors (Lipinski definition) is 3. The van der Waals surface area contributed by atoms with Gasteiger partial charge in [-0.3, -0.25) is 0 Å². The molecule has 0 aromatic heterocycles. The summed E-state index contributed by atoms with van der Waals surface area (Å²) in [5, 5.41) is 14.2. The van der Waals surface area contributed by atoms with E-state index >= 15 is 0 Å². The third-order valence-electron chi connectivity index (χ3n) is 2.56. The van der Waals surface area contributed by atoms with Crippen LogP contribution in [0.5, 0.6) is 0 Å². The van der Waals surface area contributed by atoms with Crippen LogP contribution in [0.1, 0.15) is 10.4 Å². The van der Waals surface area contributed by atoms with E-state index in [1.807, 2.05) is 0 Å². The van der Waals surface area contributed by atoms with Crippen molar-refractivity contribution in [2.24, 2.45) is 0 Å². The molecule has 21 heavy (non-hydrogen) atoms. The van der Waals surface area contributed by atoms with Crippen LogP contribution in [0.25, 0.3) is 0 Å². The number of carbonyl (C=O) groups is 2. The van der Waals surface area contributed by atoms with Gasteiger partial charge in [0.2, 0.25) is 0 Å². The summed E-state index contributed by atoms with van der Waals surface area (Å²) in [6, 6.07) is 8.51. The SMILES string of the molecule is O=C(Nc1ccc(F)cc1)Nc1cc(Cl)ccc1C(=O)O. The lowest BCUT2D eigenvalue weighted by Crippen LogP contribution is -2.21. The van der Waals surface area contributed by atoms with Crippen LogP contribution in [0.4, 0.5) is 20.6 Å². The fourth-order valence-corrected chi connectivity index (χ4v) is 1.80. The topological polar surface area (TPSA) is 78.4 Å². The minimum Gasteiger partial charge on any atom is -0.478 e. The molecular formula is C14H10ClFN2O3. The van der Waals surface area contributed by atoms with Gasteiger partial charge >= 0.3 is 12.0 Å². The largest absolute Gasteiger partial charge is 0.478 e. The molecule has 0 saturated carbocycles. The zero-order valence-corrected chi connectivity index (χ0v) is 11.3. The molecule has 2 rings (SSSR count). The van der Waals surface area contributed by atoms with Crippen LogP contribution in [-0.4, -0.2) is 17.1 Å². The maximum absolute atomic E-state index is 12.7. The highest BCUT2D eigenvalue weighted by Gasteiger charge is 2.13. The molecule has 2 amide bonds. The number of carboxylic acid groups (broad SMARTS) is 1. The first-order valence-corrected chi connectivity index (χ1v) is 6.20. The van der Waals surface area contributed by atoms with Gasteiger partial charge in [-0.2, -0.15) is 0 Å². The third-order valence-corrected chi connectivity index (χ3v) is 2.80. The van der Waals surface area contributed by atoms with Crippen molar-refractivity contribution in [2.45, 2.75) is 0 Å². The Balaban J connectivity index is 2.14. The third kappa shape index (κ3) is 3.93. The molecule has 0 aliphatic carbocycles. The molecule has 0 saturated heterocycles. The summed E-state index contributed by atoms with van der Waals surface area (Å²) in [5.74, 6) is -1.62. The number of hydrogen-bond acceptors (Lipinski definition) is 2. The lowest BCUT2D eigenvalue weighted by Gasteiger charge is -2.10. The summed E-state index contributed by atoms with van der Waals surface area (Å²) in [6.45, 7) is 0. The quantitative estimate of drug-likeness (QED) is 0.806. The molecule has 0 bridgehead atoms. The number of amides is 2. The lowest BCUT2D eigenvalue weighted by molar-refractivity contribution is 0.0698. The lowest BCUT2D eigenvalue weighted by atomic mass is 10.2. The fourth-order valence-electron chi connectivity index (χ4n) is 1.62. The summed E-state index contributed by atoms with van der Waals surface area (Å²) < 4.78 is 12.7. The van der Waals surface area contributed by atoms with Crippen molar-refractivity contribution >= 4 is 35.0 Å². The maximum atomic E-state index is 12.7. The first-order valence-electron chi connectivity index (χ1n) is 5.82. The molecule has 0 aliphatic rings. The average molecular weight is 309 g/mol. The van der Waals surface area contributed by atoms with E-state index in [0.29, 0.717) is 5.69 Å². The van der Waals surface area contributed by atoms with Crippen LogP contribution < -0.4 is 10.6 Å². The molecule has 2 aromatic carbocycles. The summed E-state index contributed by atoms with van der Waals surface area (Å²) in [6.07, 6.45) is 0. The van der Waals surface area contributed by atoms with Crippen molar-refractivity contribution in [2.75, 3.05) is 10.6 Å². The van der Waals surface area contributed by atoms with Crippen LogP contribution >= 0.6 is 11.6 Å². The molecule has 0 atom stereocenters.